The van der Waals surface area contributed by atoms with E-state index in [1.54, 1.807) is 18.6 Å². The minimum Gasteiger partial charge on any atom is -0.451 e. The first kappa shape index (κ1) is 8.97. The van der Waals surface area contributed by atoms with E-state index in [0.717, 1.165) is 22.9 Å². The SMILES string of the molecule is C=CN1c2ccccc2Oc2cnccc21. The van der Waals surface area contributed by atoms with E-state index in [1.807, 2.05) is 35.2 Å². The molecule has 0 radical (unpaired) electrons. The van der Waals surface area contributed by atoms with Crippen LogP contribution in [0.3, 0.4) is 0 Å². The summed E-state index contributed by atoms with van der Waals surface area (Å²) < 4.78 is 5.76. The molecule has 0 amide bonds. The lowest BCUT2D eigenvalue weighted by Crippen LogP contribution is -2.14. The first-order chi connectivity index (χ1) is 7.90. The van der Waals surface area contributed by atoms with Crippen molar-refractivity contribution in [1.82, 2.24) is 4.98 Å². The Kier molecular flexibility index (Phi) is 1.90. The number of pyridine rings is 1. The fourth-order valence-corrected chi connectivity index (χ4v) is 1.84. The van der Waals surface area contributed by atoms with Crippen LogP contribution in [0.25, 0.3) is 0 Å². The van der Waals surface area contributed by atoms with E-state index in [1.165, 1.54) is 0 Å². The van der Waals surface area contributed by atoms with Crippen molar-refractivity contribution in [3.63, 3.8) is 0 Å². The Morgan fingerprint density at radius 3 is 2.81 bits per heavy atom. The number of aromatic nitrogens is 1. The molecule has 78 valence electrons. The Bertz CT molecular complexity index is 506. The van der Waals surface area contributed by atoms with Crippen LogP contribution in [0.5, 0.6) is 11.5 Å². The van der Waals surface area contributed by atoms with Crippen molar-refractivity contribution in [2.45, 2.75) is 0 Å². The van der Waals surface area contributed by atoms with Gasteiger partial charge in [0, 0.05) is 12.4 Å². The van der Waals surface area contributed by atoms with E-state index in [2.05, 4.69) is 11.6 Å². The van der Waals surface area contributed by atoms with Gasteiger partial charge in [-0.15, -0.1) is 0 Å². The number of rotatable bonds is 1. The number of nitrogens with zero attached hydrogens (tertiary/aromatic N) is 2. The van der Waals surface area contributed by atoms with Crippen LogP contribution < -0.4 is 9.64 Å². The largest absolute Gasteiger partial charge is 0.451 e. The van der Waals surface area contributed by atoms with Crippen LogP contribution in [0.1, 0.15) is 0 Å². The molecule has 0 spiro atoms. The van der Waals surface area contributed by atoms with Crippen molar-refractivity contribution < 1.29 is 4.74 Å². The molecular weight excluding hydrogens is 200 g/mol. The van der Waals surface area contributed by atoms with Gasteiger partial charge >= 0.3 is 0 Å². The van der Waals surface area contributed by atoms with Crippen LogP contribution >= 0.6 is 0 Å². The summed E-state index contributed by atoms with van der Waals surface area (Å²) >= 11 is 0. The highest BCUT2D eigenvalue weighted by atomic mass is 16.5. The highest BCUT2D eigenvalue weighted by molar-refractivity contribution is 5.78. The lowest BCUT2D eigenvalue weighted by molar-refractivity contribution is 0.474. The average molecular weight is 210 g/mol. The molecule has 16 heavy (non-hydrogen) atoms. The first-order valence-electron chi connectivity index (χ1n) is 5.03. The Hall–Kier alpha value is -2.29. The molecule has 2 aromatic rings. The van der Waals surface area contributed by atoms with E-state index < -0.39 is 0 Å². The van der Waals surface area contributed by atoms with E-state index in [-0.39, 0.29) is 0 Å². The third-order valence-electron chi connectivity index (χ3n) is 2.55. The Morgan fingerprint density at radius 1 is 1.12 bits per heavy atom. The monoisotopic (exact) mass is 210 g/mol. The summed E-state index contributed by atoms with van der Waals surface area (Å²) in [5, 5.41) is 0. The van der Waals surface area contributed by atoms with Gasteiger partial charge in [0.25, 0.3) is 0 Å². The maximum atomic E-state index is 5.76. The smallest absolute Gasteiger partial charge is 0.169 e. The van der Waals surface area contributed by atoms with Gasteiger partial charge in [-0.05, 0) is 18.2 Å². The van der Waals surface area contributed by atoms with Crippen LogP contribution in [-0.4, -0.2) is 4.98 Å². The number of fused-ring (bicyclic) bond motifs is 2. The van der Waals surface area contributed by atoms with E-state index in [4.69, 9.17) is 4.74 Å². The summed E-state index contributed by atoms with van der Waals surface area (Å²) in [6.07, 6.45) is 5.23. The van der Waals surface area contributed by atoms with Crippen LogP contribution in [0.2, 0.25) is 0 Å². The van der Waals surface area contributed by atoms with Crippen LogP contribution in [0.4, 0.5) is 11.4 Å². The molecule has 0 saturated heterocycles. The topological polar surface area (TPSA) is 25.4 Å². The second-order valence-electron chi connectivity index (χ2n) is 3.47. The third-order valence-corrected chi connectivity index (χ3v) is 2.55. The van der Waals surface area contributed by atoms with E-state index in [0.29, 0.717) is 0 Å². The van der Waals surface area contributed by atoms with Crippen molar-refractivity contribution in [3.8, 4) is 11.5 Å². The van der Waals surface area contributed by atoms with Crippen molar-refractivity contribution in [1.29, 1.82) is 0 Å². The zero-order valence-electron chi connectivity index (χ0n) is 8.63. The Labute approximate surface area is 93.6 Å². The lowest BCUT2D eigenvalue weighted by atomic mass is 10.2. The van der Waals surface area contributed by atoms with Crippen LogP contribution in [-0.2, 0) is 0 Å². The summed E-state index contributed by atoms with van der Waals surface area (Å²) in [5.74, 6) is 1.57. The molecule has 0 bridgehead atoms. The number of anilines is 2. The van der Waals surface area contributed by atoms with Gasteiger partial charge in [0.05, 0.1) is 17.6 Å². The highest BCUT2D eigenvalue weighted by Gasteiger charge is 2.21. The summed E-state index contributed by atoms with van der Waals surface area (Å²) in [6, 6.07) is 9.77. The quantitative estimate of drug-likeness (QED) is 0.720. The molecule has 0 fully saturated rings. The van der Waals surface area contributed by atoms with Gasteiger partial charge in [-0.25, -0.2) is 0 Å². The molecule has 0 N–H and O–H groups in total. The third kappa shape index (κ3) is 1.18. The van der Waals surface area contributed by atoms with Gasteiger partial charge in [-0.2, -0.15) is 0 Å². The normalized spacial score (nSPS) is 12.4. The van der Waals surface area contributed by atoms with Crippen molar-refractivity contribution in [2.75, 3.05) is 4.90 Å². The van der Waals surface area contributed by atoms with Crippen molar-refractivity contribution >= 4 is 11.4 Å². The molecule has 0 atom stereocenters. The average Bonchev–Trinajstić information content (AvgIpc) is 2.36. The van der Waals surface area contributed by atoms with E-state index >= 15 is 0 Å². The first-order valence-corrected chi connectivity index (χ1v) is 5.03. The zero-order valence-corrected chi connectivity index (χ0v) is 8.63. The minimum atomic E-state index is 0.751. The zero-order chi connectivity index (χ0) is 11.0. The summed E-state index contributed by atoms with van der Waals surface area (Å²) in [6.45, 7) is 3.83. The van der Waals surface area contributed by atoms with Crippen LogP contribution in [0, 0.1) is 0 Å². The number of hydrogen-bond donors (Lipinski definition) is 0. The van der Waals surface area contributed by atoms with Crippen LogP contribution in [0.15, 0.2) is 55.5 Å². The highest BCUT2D eigenvalue weighted by Crippen LogP contribution is 2.45. The molecule has 3 nitrogen and oxygen atoms in total. The Balaban J connectivity index is 2.23. The summed E-state index contributed by atoms with van der Waals surface area (Å²) in [5.41, 5.74) is 1.96. The Morgan fingerprint density at radius 2 is 1.94 bits per heavy atom. The number of hydrogen-bond acceptors (Lipinski definition) is 3. The molecule has 0 aliphatic carbocycles. The van der Waals surface area contributed by atoms with Gasteiger partial charge < -0.3 is 9.64 Å². The predicted octanol–water partition coefficient (Wildman–Crippen LogP) is 3.47. The van der Waals surface area contributed by atoms with Crippen molar-refractivity contribution in [2.24, 2.45) is 0 Å². The van der Waals surface area contributed by atoms with Gasteiger partial charge in [-0.3, -0.25) is 4.98 Å². The van der Waals surface area contributed by atoms with Crippen molar-refractivity contribution in [3.05, 3.63) is 55.5 Å². The number of ether oxygens (including phenoxy) is 1. The van der Waals surface area contributed by atoms with Gasteiger partial charge in [0.15, 0.2) is 11.5 Å². The molecule has 1 aliphatic heterocycles. The number of para-hydroxylation sites is 2. The standard InChI is InChI=1S/C13H10N2O/c1-2-15-10-5-3-4-6-12(10)16-13-9-14-8-7-11(13)15/h2-9H,1H2. The predicted molar refractivity (Wildman–Crippen MR) is 63.1 cm³/mol. The fourth-order valence-electron chi connectivity index (χ4n) is 1.84. The molecule has 1 aromatic heterocycles. The second kappa shape index (κ2) is 3.38. The molecular formula is C13H10N2O. The number of benzene rings is 1. The molecule has 1 aromatic carbocycles. The molecule has 3 rings (SSSR count). The van der Waals surface area contributed by atoms with Gasteiger partial charge in [0.2, 0.25) is 0 Å². The molecule has 3 heteroatoms. The molecule has 0 unspecified atom stereocenters. The van der Waals surface area contributed by atoms with Gasteiger partial charge in [-0.1, -0.05) is 18.7 Å². The second-order valence-corrected chi connectivity index (χ2v) is 3.47. The maximum absolute atomic E-state index is 5.76. The lowest BCUT2D eigenvalue weighted by Gasteiger charge is -2.29. The fraction of sp³-hybridized carbons (Fsp3) is 0. The molecule has 1 aliphatic rings. The molecule has 0 saturated carbocycles. The summed E-state index contributed by atoms with van der Waals surface area (Å²) in [7, 11) is 0. The van der Waals surface area contributed by atoms with E-state index in [9.17, 15) is 0 Å². The van der Waals surface area contributed by atoms with Gasteiger partial charge in [0.1, 0.15) is 0 Å². The maximum Gasteiger partial charge on any atom is 0.169 e. The summed E-state index contributed by atoms with van der Waals surface area (Å²) in [4.78, 5) is 6.05. The minimum absolute atomic E-state index is 0.751. The molecule has 2 heterocycles.